The summed E-state index contributed by atoms with van der Waals surface area (Å²) in [6, 6.07) is 5.81. The molecule has 0 aliphatic heterocycles. The number of phenols is 1. The van der Waals surface area contributed by atoms with E-state index in [9.17, 15) is 4.79 Å². The minimum absolute atomic E-state index is 0.0671. The molecule has 5 N–H and O–H groups in total. The molecule has 7 heteroatoms. The average Bonchev–Trinajstić information content (AvgIpc) is 2.03. The number of carbonyl (C=O) groups is 1. The predicted molar refractivity (Wildman–Crippen MR) is 47.5 cm³/mol. The van der Waals surface area contributed by atoms with Crippen LogP contribution in [-0.4, -0.2) is 40.1 Å². The van der Waals surface area contributed by atoms with Crippen molar-refractivity contribution >= 4 is 15.5 Å². The van der Waals surface area contributed by atoms with Gasteiger partial charge in [-0.25, -0.2) is 4.79 Å². The van der Waals surface area contributed by atoms with Crippen molar-refractivity contribution in [3.05, 3.63) is 29.8 Å². The topological polar surface area (TPSA) is 118 Å². The molecule has 0 saturated heterocycles. The molecule has 77 valence electrons. The normalized spacial score (nSPS) is 9.14. The molecule has 0 unspecified atom stereocenters. The van der Waals surface area contributed by atoms with Crippen LogP contribution in [0.25, 0.3) is 0 Å². The lowest BCUT2D eigenvalue weighted by Gasteiger charge is -1.95. The molecule has 0 aromatic heterocycles. The SMILES string of the molecule is O=C(O)c1ccccc1O.O[Si](O)O. The standard InChI is InChI=1S/C7H6O3.H3O3Si/c8-6-4-2-1-3-5(6)7(9)10;1-4(2)3/h1-4,8H,(H,9,10);1-3H. The highest BCUT2D eigenvalue weighted by molar-refractivity contribution is 6.30. The van der Waals surface area contributed by atoms with Crippen LogP contribution < -0.4 is 0 Å². The Morgan fingerprint density at radius 2 is 1.57 bits per heavy atom. The van der Waals surface area contributed by atoms with Crippen molar-refractivity contribution < 1.29 is 29.4 Å². The highest BCUT2D eigenvalue weighted by atomic mass is 28.3. The van der Waals surface area contributed by atoms with Crippen LogP contribution in [0.3, 0.4) is 0 Å². The summed E-state index contributed by atoms with van der Waals surface area (Å²) < 4.78 is 0. The summed E-state index contributed by atoms with van der Waals surface area (Å²) in [4.78, 5) is 32.1. The van der Waals surface area contributed by atoms with Gasteiger partial charge in [0.25, 0.3) is 0 Å². The molecule has 0 saturated carbocycles. The largest absolute Gasteiger partial charge is 0.569 e. The first-order valence-electron chi connectivity index (χ1n) is 3.40. The van der Waals surface area contributed by atoms with E-state index in [1.165, 1.54) is 12.1 Å². The Hall–Kier alpha value is -1.41. The average molecular weight is 217 g/mol. The van der Waals surface area contributed by atoms with Crippen LogP contribution in [0, 0.1) is 0 Å². The number of para-hydroxylation sites is 1. The molecule has 0 amide bonds. The van der Waals surface area contributed by atoms with E-state index in [1.54, 1.807) is 12.1 Å². The third-order valence-corrected chi connectivity index (χ3v) is 1.13. The summed E-state index contributed by atoms with van der Waals surface area (Å²) in [6.45, 7) is 0. The maximum atomic E-state index is 10.3. The Kier molecular flexibility index (Phi) is 5.49. The van der Waals surface area contributed by atoms with Gasteiger partial charge in [-0.3, -0.25) is 0 Å². The van der Waals surface area contributed by atoms with Gasteiger partial charge in [-0.1, -0.05) is 12.1 Å². The first kappa shape index (κ1) is 12.6. The smallest absolute Gasteiger partial charge is 0.507 e. The van der Waals surface area contributed by atoms with Crippen molar-refractivity contribution in [2.45, 2.75) is 0 Å². The van der Waals surface area contributed by atoms with Gasteiger partial charge in [-0.2, -0.15) is 0 Å². The van der Waals surface area contributed by atoms with E-state index in [0.29, 0.717) is 0 Å². The molecular weight excluding hydrogens is 208 g/mol. The number of hydrogen-bond donors (Lipinski definition) is 5. The fraction of sp³-hybridized carbons (Fsp3) is 0. The van der Waals surface area contributed by atoms with Gasteiger partial charge in [0, 0.05) is 0 Å². The zero-order valence-corrected chi connectivity index (χ0v) is 7.95. The molecule has 0 bridgehead atoms. The molecule has 0 spiro atoms. The molecule has 0 atom stereocenters. The number of aromatic carboxylic acids is 1. The molecule has 6 nitrogen and oxygen atoms in total. The Morgan fingerprint density at radius 3 is 1.86 bits per heavy atom. The van der Waals surface area contributed by atoms with Gasteiger partial charge in [0.2, 0.25) is 0 Å². The van der Waals surface area contributed by atoms with Gasteiger partial charge in [0.05, 0.1) is 0 Å². The van der Waals surface area contributed by atoms with Gasteiger partial charge < -0.3 is 24.6 Å². The highest BCUT2D eigenvalue weighted by Crippen LogP contribution is 2.14. The first-order valence-corrected chi connectivity index (χ1v) is 4.74. The number of benzene rings is 1. The minimum Gasteiger partial charge on any atom is -0.507 e. The van der Waals surface area contributed by atoms with E-state index in [2.05, 4.69) is 0 Å². The van der Waals surface area contributed by atoms with Crippen molar-refractivity contribution in [1.29, 1.82) is 0 Å². The third-order valence-electron chi connectivity index (χ3n) is 1.13. The maximum absolute atomic E-state index is 10.3. The molecule has 14 heavy (non-hydrogen) atoms. The lowest BCUT2D eigenvalue weighted by molar-refractivity contribution is 0.0693. The van der Waals surface area contributed by atoms with Gasteiger partial charge in [0.15, 0.2) is 0 Å². The summed E-state index contributed by atoms with van der Waals surface area (Å²) in [5.41, 5.74) is -0.0671. The Labute approximate surface area is 81.3 Å². The monoisotopic (exact) mass is 217 g/mol. The summed E-state index contributed by atoms with van der Waals surface area (Å²) >= 11 is 0. The lowest BCUT2D eigenvalue weighted by Crippen LogP contribution is -2.07. The molecule has 0 aliphatic carbocycles. The Morgan fingerprint density at radius 1 is 1.14 bits per heavy atom. The molecule has 0 fully saturated rings. The molecule has 0 heterocycles. The predicted octanol–water partition coefficient (Wildman–Crippen LogP) is -0.961. The van der Waals surface area contributed by atoms with Crippen molar-refractivity contribution in [2.24, 2.45) is 0 Å². The van der Waals surface area contributed by atoms with Crippen LogP contribution >= 0.6 is 0 Å². The fourth-order valence-corrected chi connectivity index (χ4v) is 0.654. The highest BCUT2D eigenvalue weighted by Gasteiger charge is 2.05. The quantitative estimate of drug-likeness (QED) is 0.387. The van der Waals surface area contributed by atoms with E-state index >= 15 is 0 Å². The summed E-state index contributed by atoms with van der Waals surface area (Å²) in [6.07, 6.45) is 0. The van der Waals surface area contributed by atoms with Crippen LogP contribution in [0.2, 0.25) is 0 Å². The van der Waals surface area contributed by atoms with Gasteiger partial charge in [-0.15, -0.1) is 0 Å². The number of carboxylic acids is 1. The number of hydrogen-bond acceptors (Lipinski definition) is 5. The van der Waals surface area contributed by atoms with Crippen LogP contribution in [0.5, 0.6) is 5.75 Å². The number of aromatic hydroxyl groups is 1. The summed E-state index contributed by atoms with van der Waals surface area (Å²) in [7, 11) is -2.88. The van der Waals surface area contributed by atoms with Crippen molar-refractivity contribution in [1.82, 2.24) is 0 Å². The van der Waals surface area contributed by atoms with Gasteiger partial charge in [-0.05, 0) is 12.1 Å². The second-order valence-corrected chi connectivity index (χ2v) is 2.72. The zero-order valence-electron chi connectivity index (χ0n) is 6.95. The van der Waals surface area contributed by atoms with Crippen LogP contribution in [0.15, 0.2) is 24.3 Å². The summed E-state index contributed by atoms with van der Waals surface area (Å²) in [5.74, 6) is -1.31. The molecular formula is C7H9O6Si. The minimum atomic E-state index is -2.88. The van der Waals surface area contributed by atoms with Crippen molar-refractivity contribution in [3.63, 3.8) is 0 Å². The second-order valence-electron chi connectivity index (χ2n) is 2.12. The lowest BCUT2D eigenvalue weighted by atomic mass is 10.2. The molecule has 1 aromatic rings. The van der Waals surface area contributed by atoms with E-state index in [1.807, 2.05) is 0 Å². The van der Waals surface area contributed by atoms with Crippen molar-refractivity contribution in [3.8, 4) is 5.75 Å². The zero-order chi connectivity index (χ0) is 11.1. The van der Waals surface area contributed by atoms with Crippen LogP contribution in [0.1, 0.15) is 10.4 Å². The van der Waals surface area contributed by atoms with Crippen LogP contribution in [-0.2, 0) is 0 Å². The summed E-state index contributed by atoms with van der Waals surface area (Å²) in [5, 5.41) is 17.3. The van der Waals surface area contributed by atoms with Gasteiger partial charge in [0.1, 0.15) is 11.3 Å². The Balaban J connectivity index is 0.000000364. The van der Waals surface area contributed by atoms with E-state index < -0.39 is 15.5 Å². The fourth-order valence-electron chi connectivity index (χ4n) is 0.654. The molecule has 1 rings (SSSR count). The maximum Gasteiger partial charge on any atom is 0.569 e. The van der Waals surface area contributed by atoms with Gasteiger partial charge >= 0.3 is 15.5 Å². The van der Waals surface area contributed by atoms with Crippen molar-refractivity contribution in [2.75, 3.05) is 0 Å². The molecule has 0 aliphatic rings. The molecule has 1 aromatic carbocycles. The van der Waals surface area contributed by atoms with E-state index in [0.717, 1.165) is 0 Å². The molecule has 1 radical (unpaired) electrons. The van der Waals surface area contributed by atoms with Crippen LogP contribution in [0.4, 0.5) is 0 Å². The number of carboxylic acid groups (broad SMARTS) is 1. The van der Waals surface area contributed by atoms with E-state index in [-0.39, 0.29) is 11.3 Å². The van der Waals surface area contributed by atoms with E-state index in [4.69, 9.17) is 24.6 Å². The number of rotatable bonds is 1. The Bertz CT molecular complexity index is 297. The second kappa shape index (κ2) is 6.10. The first-order chi connectivity index (χ1) is 6.45. The third kappa shape index (κ3) is 5.27.